The second-order valence-electron chi connectivity index (χ2n) is 12.2. The van der Waals surface area contributed by atoms with E-state index in [-0.39, 0.29) is 0 Å². The quantitative estimate of drug-likeness (QED) is 0.204. The molecule has 10 rings (SSSR count). The highest BCUT2D eigenvalue weighted by molar-refractivity contribution is 6.09. The molecule has 0 amide bonds. The van der Waals surface area contributed by atoms with Crippen molar-refractivity contribution in [2.45, 2.75) is 12.3 Å². The van der Waals surface area contributed by atoms with Crippen molar-refractivity contribution >= 4 is 50.2 Å². The average Bonchev–Trinajstić information content (AvgIpc) is 3.73. The van der Waals surface area contributed by atoms with Gasteiger partial charge in [0.05, 0.1) is 22.2 Å². The molecule has 0 saturated carbocycles. The van der Waals surface area contributed by atoms with Crippen molar-refractivity contribution in [3.63, 3.8) is 0 Å². The van der Waals surface area contributed by atoms with Crippen molar-refractivity contribution < 1.29 is 0 Å². The molecule has 0 spiro atoms. The molecule has 45 heavy (non-hydrogen) atoms. The van der Waals surface area contributed by atoms with E-state index in [4.69, 9.17) is 0 Å². The molecule has 3 heterocycles. The fourth-order valence-corrected chi connectivity index (χ4v) is 7.97. The van der Waals surface area contributed by atoms with Crippen molar-refractivity contribution in [1.82, 2.24) is 9.13 Å². The first-order valence-electron chi connectivity index (χ1n) is 15.7. The maximum absolute atomic E-state index is 2.48. The van der Waals surface area contributed by atoms with Crippen LogP contribution in [-0.2, 0) is 6.42 Å². The summed E-state index contributed by atoms with van der Waals surface area (Å²) in [5.74, 6) is 0.317. The molecule has 0 radical (unpaired) electrons. The Labute approximate surface area is 261 Å². The molecule has 212 valence electrons. The molecule has 6 aromatic carbocycles. The van der Waals surface area contributed by atoms with Crippen LogP contribution in [0, 0.1) is 0 Å². The summed E-state index contributed by atoms with van der Waals surface area (Å²) in [7, 11) is 0. The van der Waals surface area contributed by atoms with Gasteiger partial charge in [-0.1, -0.05) is 97.1 Å². The lowest BCUT2D eigenvalue weighted by Gasteiger charge is -2.27. The number of nitrogens with zero attached hydrogens (tertiary/aromatic N) is 3. The summed E-state index contributed by atoms with van der Waals surface area (Å²) in [6, 6.07) is 55.2. The number of rotatable bonds is 3. The third-order valence-corrected chi connectivity index (χ3v) is 9.82. The average molecular weight is 576 g/mol. The lowest BCUT2D eigenvalue weighted by molar-refractivity contribution is 0.796. The van der Waals surface area contributed by atoms with Crippen LogP contribution in [0.1, 0.15) is 22.7 Å². The van der Waals surface area contributed by atoms with E-state index in [1.165, 1.54) is 72.3 Å². The molecule has 8 aromatic rings. The smallest absolute Gasteiger partial charge is 0.0541 e. The van der Waals surface area contributed by atoms with Gasteiger partial charge in [0, 0.05) is 50.5 Å². The zero-order valence-corrected chi connectivity index (χ0v) is 24.6. The van der Waals surface area contributed by atoms with Gasteiger partial charge in [-0.25, -0.2) is 0 Å². The molecule has 3 nitrogen and oxygen atoms in total. The molecule has 2 aliphatic rings. The van der Waals surface area contributed by atoms with Gasteiger partial charge in [-0.05, 0) is 78.2 Å². The number of fused-ring (bicyclic) bond motifs is 9. The molecule has 1 aliphatic heterocycles. The minimum atomic E-state index is 0.317. The molecule has 0 saturated heterocycles. The standard InChI is InChI=1S/C42H29N3/c1-2-13-28(14-3-1)43-39-23-10-6-19-33(39)35-26-36-34-20-7-11-24-40(34)45(42(36)27-41(35)43)30-16-12-15-29(25-30)44-37-21-8-4-17-31(37)32-18-5-9-22-38(32)44/h1-25,27,35H,26H2. The molecule has 1 atom stereocenters. The molecular weight excluding hydrogens is 546 g/mol. The van der Waals surface area contributed by atoms with Crippen molar-refractivity contribution in [1.29, 1.82) is 0 Å². The highest BCUT2D eigenvalue weighted by Crippen LogP contribution is 2.53. The van der Waals surface area contributed by atoms with Crippen LogP contribution >= 0.6 is 0 Å². The van der Waals surface area contributed by atoms with E-state index in [9.17, 15) is 0 Å². The topological polar surface area (TPSA) is 13.1 Å². The number of para-hydroxylation sites is 5. The minimum absolute atomic E-state index is 0.317. The van der Waals surface area contributed by atoms with Crippen molar-refractivity contribution in [3.8, 4) is 11.4 Å². The molecule has 2 aromatic heterocycles. The number of aromatic nitrogens is 2. The van der Waals surface area contributed by atoms with Crippen molar-refractivity contribution in [2.75, 3.05) is 4.90 Å². The van der Waals surface area contributed by atoms with Gasteiger partial charge < -0.3 is 14.0 Å². The number of anilines is 2. The lowest BCUT2D eigenvalue weighted by Crippen LogP contribution is -2.18. The zero-order valence-electron chi connectivity index (χ0n) is 24.6. The number of allylic oxidation sites excluding steroid dienone is 1. The normalized spacial score (nSPS) is 15.3. The van der Waals surface area contributed by atoms with Gasteiger partial charge in [0.25, 0.3) is 0 Å². The Hall–Kier alpha value is -5.80. The van der Waals surface area contributed by atoms with Crippen LogP contribution in [0.3, 0.4) is 0 Å². The SMILES string of the molecule is C1=C2C(Cc3c1n(-c1cccc(-n4c5ccccc5c5ccccc54)c1)c1ccccc31)c1ccccc1N2c1ccccc1. The van der Waals surface area contributed by atoms with Crippen LogP contribution in [0.25, 0.3) is 50.2 Å². The van der Waals surface area contributed by atoms with E-state index >= 15 is 0 Å². The van der Waals surface area contributed by atoms with Gasteiger partial charge in [0.2, 0.25) is 0 Å². The van der Waals surface area contributed by atoms with Crippen molar-refractivity contribution in [2.24, 2.45) is 0 Å². The van der Waals surface area contributed by atoms with Gasteiger partial charge in [-0.3, -0.25) is 0 Å². The zero-order chi connectivity index (χ0) is 29.5. The van der Waals surface area contributed by atoms with E-state index in [1.807, 2.05) is 0 Å². The lowest BCUT2D eigenvalue weighted by atomic mass is 9.86. The first kappa shape index (κ1) is 24.6. The molecule has 0 N–H and O–H groups in total. The van der Waals surface area contributed by atoms with E-state index < -0.39 is 0 Å². The Morgan fingerprint density at radius 3 is 1.76 bits per heavy atom. The number of hydrogen-bond donors (Lipinski definition) is 0. The Bertz CT molecular complexity index is 2420. The van der Waals surface area contributed by atoms with Gasteiger partial charge in [-0.2, -0.15) is 0 Å². The first-order valence-corrected chi connectivity index (χ1v) is 15.7. The Kier molecular flexibility index (Phi) is 5.11. The Morgan fingerprint density at radius 2 is 1.02 bits per heavy atom. The maximum Gasteiger partial charge on any atom is 0.0541 e. The van der Waals surface area contributed by atoms with Gasteiger partial charge in [-0.15, -0.1) is 0 Å². The predicted molar refractivity (Wildman–Crippen MR) is 187 cm³/mol. The summed E-state index contributed by atoms with van der Waals surface area (Å²) in [6.45, 7) is 0. The molecule has 3 heteroatoms. The van der Waals surface area contributed by atoms with Gasteiger partial charge in [0.15, 0.2) is 0 Å². The summed E-state index contributed by atoms with van der Waals surface area (Å²) in [6.07, 6.45) is 3.44. The third-order valence-electron chi connectivity index (χ3n) is 9.82. The molecule has 1 aliphatic carbocycles. The monoisotopic (exact) mass is 575 g/mol. The van der Waals surface area contributed by atoms with E-state index in [1.54, 1.807) is 0 Å². The molecule has 1 unspecified atom stereocenters. The second-order valence-corrected chi connectivity index (χ2v) is 12.2. The summed E-state index contributed by atoms with van der Waals surface area (Å²) < 4.78 is 4.89. The third kappa shape index (κ3) is 3.46. The molecule has 0 fully saturated rings. The second kappa shape index (κ2) is 9.35. The molecule has 0 bridgehead atoms. The number of hydrogen-bond acceptors (Lipinski definition) is 1. The first-order chi connectivity index (χ1) is 22.3. The Balaban J connectivity index is 1.21. The predicted octanol–water partition coefficient (Wildman–Crippen LogP) is 10.6. The van der Waals surface area contributed by atoms with Crippen molar-refractivity contribution in [3.05, 3.63) is 174 Å². The largest absolute Gasteiger partial charge is 0.313 e. The number of benzene rings is 6. The van der Waals surface area contributed by atoms with Gasteiger partial charge in [0.1, 0.15) is 0 Å². The van der Waals surface area contributed by atoms with Crippen LogP contribution < -0.4 is 4.90 Å². The summed E-state index contributed by atoms with van der Waals surface area (Å²) >= 11 is 0. The summed E-state index contributed by atoms with van der Waals surface area (Å²) in [4.78, 5) is 2.47. The maximum atomic E-state index is 2.48. The highest BCUT2D eigenvalue weighted by atomic mass is 15.2. The fraction of sp³-hybridized carbons (Fsp3) is 0.0476. The van der Waals surface area contributed by atoms with Crippen LogP contribution in [-0.4, -0.2) is 9.13 Å². The summed E-state index contributed by atoms with van der Waals surface area (Å²) in [5.41, 5.74) is 14.0. The summed E-state index contributed by atoms with van der Waals surface area (Å²) in [5, 5.41) is 3.89. The van der Waals surface area contributed by atoms with Crippen LogP contribution in [0.2, 0.25) is 0 Å². The van der Waals surface area contributed by atoms with Gasteiger partial charge >= 0.3 is 0 Å². The van der Waals surface area contributed by atoms with E-state index in [0.717, 1.165) is 12.1 Å². The van der Waals surface area contributed by atoms with Crippen LogP contribution in [0.5, 0.6) is 0 Å². The Morgan fingerprint density at radius 1 is 0.467 bits per heavy atom. The minimum Gasteiger partial charge on any atom is -0.313 e. The van der Waals surface area contributed by atoms with Crippen LogP contribution in [0.4, 0.5) is 11.4 Å². The highest BCUT2D eigenvalue weighted by Gasteiger charge is 2.38. The van der Waals surface area contributed by atoms with E-state index in [0.29, 0.717) is 5.92 Å². The van der Waals surface area contributed by atoms with Crippen LogP contribution in [0.15, 0.2) is 157 Å². The fourth-order valence-electron chi connectivity index (χ4n) is 7.97. The van der Waals surface area contributed by atoms with E-state index in [2.05, 4.69) is 172 Å². The molecular formula is C42H29N3.